The zero-order valence-corrected chi connectivity index (χ0v) is 27.4. The third-order valence-electron chi connectivity index (χ3n) is 5.93. The van der Waals surface area contributed by atoms with E-state index in [0.717, 1.165) is 5.56 Å². The fraction of sp³-hybridized carbons (Fsp3) is 0.156. The normalized spacial score (nSPS) is 10.8. The highest BCUT2D eigenvalue weighted by Gasteiger charge is 2.15. The monoisotopic (exact) mass is 747 g/mol. The first-order valence-electron chi connectivity index (χ1n) is 13.3. The molecule has 0 saturated heterocycles. The van der Waals surface area contributed by atoms with E-state index in [2.05, 4.69) is 38.4 Å². The molecule has 0 fully saturated rings. The number of hydrogen-bond donors (Lipinski definition) is 2. The van der Waals surface area contributed by atoms with Gasteiger partial charge in [0, 0.05) is 11.3 Å². The van der Waals surface area contributed by atoms with Gasteiger partial charge >= 0.3 is 0 Å². The molecule has 0 atom stereocenters. The molecule has 0 spiro atoms. The molecule has 4 aromatic rings. The Morgan fingerprint density at radius 1 is 0.886 bits per heavy atom. The number of halogens is 3. The Morgan fingerprint density at radius 2 is 1.68 bits per heavy atom. The molecule has 228 valence electrons. The van der Waals surface area contributed by atoms with Crippen molar-refractivity contribution >= 4 is 69.5 Å². The number of anilines is 1. The number of benzene rings is 4. The minimum Gasteiger partial charge on any atom is -0.493 e. The van der Waals surface area contributed by atoms with Crippen LogP contribution in [0.3, 0.4) is 0 Å². The number of ether oxygens (including phenoxy) is 4. The van der Waals surface area contributed by atoms with Crippen LogP contribution >= 0.6 is 45.8 Å². The van der Waals surface area contributed by atoms with Crippen molar-refractivity contribution in [2.75, 3.05) is 25.6 Å². The highest BCUT2D eigenvalue weighted by atomic mass is 127. The number of hydrogen-bond acceptors (Lipinski definition) is 7. The maximum atomic E-state index is 12.8. The number of methoxy groups -OCH3 is 1. The van der Waals surface area contributed by atoms with Crippen LogP contribution in [0.25, 0.3) is 0 Å². The molecule has 0 heterocycles. The van der Waals surface area contributed by atoms with Gasteiger partial charge in [-0.3, -0.25) is 9.59 Å². The van der Waals surface area contributed by atoms with Crippen molar-refractivity contribution < 1.29 is 28.5 Å². The van der Waals surface area contributed by atoms with Crippen molar-refractivity contribution in [2.24, 2.45) is 5.10 Å². The SMILES string of the molecule is CCOc1cc(/C=N/NC(=O)c2ccc(OCc3ccccc3)c(OC)c2)cc(I)c1OCC(=O)Nc1ccc(Cl)c(Cl)c1. The number of nitrogens with zero attached hydrogens (tertiary/aromatic N) is 1. The van der Waals surface area contributed by atoms with Gasteiger partial charge in [-0.15, -0.1) is 0 Å². The van der Waals surface area contributed by atoms with Crippen LogP contribution in [0, 0.1) is 3.57 Å². The van der Waals surface area contributed by atoms with E-state index in [0.29, 0.717) is 66.6 Å². The second kappa shape index (κ2) is 16.2. The smallest absolute Gasteiger partial charge is 0.271 e. The van der Waals surface area contributed by atoms with Crippen LogP contribution < -0.4 is 29.7 Å². The summed E-state index contributed by atoms with van der Waals surface area (Å²) >= 11 is 14.0. The van der Waals surface area contributed by atoms with Crippen molar-refractivity contribution in [1.29, 1.82) is 0 Å². The third kappa shape index (κ3) is 9.25. The minimum absolute atomic E-state index is 0.265. The largest absolute Gasteiger partial charge is 0.493 e. The lowest BCUT2D eigenvalue weighted by Crippen LogP contribution is -2.20. The summed E-state index contributed by atoms with van der Waals surface area (Å²) in [6.07, 6.45) is 1.48. The Labute approximate surface area is 278 Å². The van der Waals surface area contributed by atoms with Crippen LogP contribution in [-0.2, 0) is 11.4 Å². The van der Waals surface area contributed by atoms with Crippen molar-refractivity contribution in [2.45, 2.75) is 13.5 Å². The average molecular weight is 748 g/mol. The molecule has 0 unspecified atom stereocenters. The lowest BCUT2D eigenvalue weighted by atomic mass is 10.2. The van der Waals surface area contributed by atoms with Gasteiger partial charge in [0.1, 0.15) is 6.61 Å². The van der Waals surface area contributed by atoms with E-state index >= 15 is 0 Å². The van der Waals surface area contributed by atoms with Crippen molar-refractivity contribution in [1.82, 2.24) is 5.43 Å². The molecular formula is C32H28Cl2IN3O6. The first-order chi connectivity index (χ1) is 21.3. The van der Waals surface area contributed by atoms with Crippen molar-refractivity contribution in [3.05, 3.63) is 109 Å². The van der Waals surface area contributed by atoms with Crippen LogP contribution in [-0.4, -0.2) is 38.4 Å². The second-order valence-electron chi connectivity index (χ2n) is 9.07. The second-order valence-corrected chi connectivity index (χ2v) is 11.0. The number of carbonyl (C=O) groups excluding carboxylic acids is 2. The lowest BCUT2D eigenvalue weighted by Gasteiger charge is -2.15. The van der Waals surface area contributed by atoms with E-state index in [1.807, 2.05) is 37.3 Å². The number of hydrazone groups is 1. The Morgan fingerprint density at radius 3 is 2.41 bits per heavy atom. The fourth-order valence-corrected chi connectivity index (χ4v) is 4.95. The highest BCUT2D eigenvalue weighted by Crippen LogP contribution is 2.34. The summed E-state index contributed by atoms with van der Waals surface area (Å²) in [7, 11) is 1.51. The zero-order chi connectivity index (χ0) is 31.5. The Balaban J connectivity index is 1.37. The van der Waals surface area contributed by atoms with Crippen LogP contribution in [0.2, 0.25) is 10.0 Å². The Bertz CT molecular complexity index is 1650. The average Bonchev–Trinajstić information content (AvgIpc) is 3.02. The third-order valence-corrected chi connectivity index (χ3v) is 7.47. The maximum Gasteiger partial charge on any atom is 0.271 e. The van der Waals surface area contributed by atoms with Gasteiger partial charge in [0.15, 0.2) is 29.6 Å². The van der Waals surface area contributed by atoms with Gasteiger partial charge in [-0.05, 0) is 89.2 Å². The first kappa shape index (κ1) is 32.9. The molecule has 2 N–H and O–H groups in total. The molecule has 12 heteroatoms. The fourth-order valence-electron chi connectivity index (χ4n) is 3.87. The molecule has 0 aromatic heterocycles. The molecule has 4 aromatic carbocycles. The van der Waals surface area contributed by atoms with Gasteiger partial charge in [0.05, 0.1) is 33.5 Å². The quantitative estimate of drug-likeness (QED) is 0.0841. The molecule has 4 rings (SSSR count). The van der Waals surface area contributed by atoms with Gasteiger partial charge in [-0.1, -0.05) is 53.5 Å². The predicted molar refractivity (Wildman–Crippen MR) is 180 cm³/mol. The first-order valence-corrected chi connectivity index (χ1v) is 15.1. The summed E-state index contributed by atoms with van der Waals surface area (Å²) in [6.45, 7) is 2.30. The van der Waals surface area contributed by atoms with Gasteiger partial charge < -0.3 is 24.3 Å². The van der Waals surface area contributed by atoms with Crippen LogP contribution in [0.1, 0.15) is 28.4 Å². The van der Waals surface area contributed by atoms with E-state index in [4.69, 9.17) is 42.1 Å². The van der Waals surface area contributed by atoms with Crippen molar-refractivity contribution in [3.8, 4) is 23.0 Å². The number of amides is 2. The minimum atomic E-state index is -0.429. The van der Waals surface area contributed by atoms with Crippen molar-refractivity contribution in [3.63, 3.8) is 0 Å². The standard InChI is InChI=1S/C32H28Cl2IN3O6/c1-3-42-29-14-21(13-26(35)31(29)44-19-30(39)37-23-10-11-24(33)25(34)16-23)17-36-38-32(40)22-9-12-27(28(15-22)41-2)43-18-20-7-5-4-6-8-20/h4-17H,3,18-19H2,1-2H3,(H,37,39)(H,38,40)/b36-17+. The van der Waals surface area contributed by atoms with Crippen LogP contribution in [0.4, 0.5) is 5.69 Å². The summed E-state index contributed by atoms with van der Waals surface area (Å²) < 4.78 is 23.5. The van der Waals surface area contributed by atoms with E-state index in [1.165, 1.54) is 13.3 Å². The van der Waals surface area contributed by atoms with Crippen LogP contribution in [0.15, 0.2) is 84.0 Å². The van der Waals surface area contributed by atoms with Gasteiger partial charge in [0.2, 0.25) is 0 Å². The van der Waals surface area contributed by atoms with E-state index in [1.54, 1.807) is 48.5 Å². The molecule has 0 saturated carbocycles. The molecule has 44 heavy (non-hydrogen) atoms. The molecule has 0 radical (unpaired) electrons. The molecule has 0 bridgehead atoms. The predicted octanol–water partition coefficient (Wildman–Crippen LogP) is 7.37. The molecule has 0 aliphatic carbocycles. The number of rotatable bonds is 13. The van der Waals surface area contributed by atoms with E-state index in [-0.39, 0.29) is 12.5 Å². The Kier molecular flexibility index (Phi) is 12.1. The molecule has 9 nitrogen and oxygen atoms in total. The molecular weight excluding hydrogens is 720 g/mol. The zero-order valence-electron chi connectivity index (χ0n) is 23.7. The van der Waals surface area contributed by atoms with Crippen LogP contribution in [0.5, 0.6) is 23.0 Å². The lowest BCUT2D eigenvalue weighted by molar-refractivity contribution is -0.118. The van der Waals surface area contributed by atoms with Gasteiger partial charge in [0.25, 0.3) is 11.8 Å². The summed E-state index contributed by atoms with van der Waals surface area (Å²) in [5.74, 6) is 0.951. The van der Waals surface area contributed by atoms with Gasteiger partial charge in [-0.2, -0.15) is 5.10 Å². The van der Waals surface area contributed by atoms with E-state index in [9.17, 15) is 9.59 Å². The van der Waals surface area contributed by atoms with E-state index < -0.39 is 5.91 Å². The summed E-state index contributed by atoms with van der Waals surface area (Å²) in [5, 5.41) is 7.52. The molecule has 2 amide bonds. The topological polar surface area (TPSA) is 107 Å². The molecule has 0 aliphatic rings. The summed E-state index contributed by atoms with van der Waals surface area (Å²) in [5.41, 5.74) is 5.02. The summed E-state index contributed by atoms with van der Waals surface area (Å²) in [4.78, 5) is 25.3. The number of carbonyl (C=O) groups is 2. The molecule has 0 aliphatic heterocycles. The maximum absolute atomic E-state index is 12.8. The summed E-state index contributed by atoms with van der Waals surface area (Å²) in [6, 6.07) is 22.9. The highest BCUT2D eigenvalue weighted by molar-refractivity contribution is 14.1. The van der Waals surface area contributed by atoms with Gasteiger partial charge in [-0.25, -0.2) is 5.43 Å². The number of nitrogens with one attached hydrogen (secondary N) is 2. The Hall–Kier alpha value is -4.00.